The largest absolute Gasteiger partial charge is 0.469 e. The number of hydrogen-bond donors (Lipinski definition) is 1. The van der Waals surface area contributed by atoms with Crippen molar-refractivity contribution in [2.45, 2.75) is 39.2 Å². The molecular weight excluding hydrogens is 455 g/mol. The van der Waals surface area contributed by atoms with E-state index in [0.717, 1.165) is 77.0 Å². The smallest absolute Gasteiger partial charge is 0.194 e. The van der Waals surface area contributed by atoms with Crippen molar-refractivity contribution in [2.24, 2.45) is 10.9 Å². The van der Waals surface area contributed by atoms with Gasteiger partial charge in [-0.2, -0.15) is 0 Å². The number of likely N-dealkylation sites (tertiary alicyclic amines) is 1. The number of hydrogen-bond acceptors (Lipinski definition) is 4. The van der Waals surface area contributed by atoms with Crippen LogP contribution in [0.25, 0.3) is 0 Å². The van der Waals surface area contributed by atoms with Gasteiger partial charge in [0, 0.05) is 51.2 Å². The van der Waals surface area contributed by atoms with Crippen LogP contribution in [0, 0.1) is 5.92 Å². The average molecular weight is 490 g/mol. The summed E-state index contributed by atoms with van der Waals surface area (Å²) in [5.41, 5.74) is 0. The van der Waals surface area contributed by atoms with Crippen molar-refractivity contribution in [3.05, 3.63) is 24.2 Å². The van der Waals surface area contributed by atoms with Gasteiger partial charge in [-0.15, -0.1) is 24.0 Å². The maximum Gasteiger partial charge on any atom is 0.194 e. The monoisotopic (exact) mass is 490 g/mol. The van der Waals surface area contributed by atoms with Crippen molar-refractivity contribution in [1.82, 2.24) is 15.1 Å². The zero-order valence-electron chi connectivity index (χ0n) is 16.7. The summed E-state index contributed by atoms with van der Waals surface area (Å²) >= 11 is 0. The summed E-state index contributed by atoms with van der Waals surface area (Å²) < 4.78 is 10.9. The Morgan fingerprint density at radius 1 is 1.33 bits per heavy atom. The van der Waals surface area contributed by atoms with E-state index in [1.807, 2.05) is 12.1 Å². The maximum absolute atomic E-state index is 5.50. The van der Waals surface area contributed by atoms with Gasteiger partial charge in [0.15, 0.2) is 5.96 Å². The van der Waals surface area contributed by atoms with E-state index in [4.69, 9.17) is 14.1 Å². The fraction of sp³-hybridized carbons (Fsp3) is 0.750. The highest BCUT2D eigenvalue weighted by Gasteiger charge is 2.28. The third-order valence-electron chi connectivity index (χ3n) is 5.55. The molecule has 0 amide bonds. The molecule has 0 aromatic carbocycles. The summed E-state index contributed by atoms with van der Waals surface area (Å²) in [6, 6.07) is 4.61. The van der Waals surface area contributed by atoms with Crippen LogP contribution in [-0.4, -0.2) is 74.3 Å². The number of nitrogens with zero attached hydrogens (tertiary/aromatic N) is 3. The van der Waals surface area contributed by atoms with Crippen molar-refractivity contribution in [2.75, 3.05) is 52.5 Å². The van der Waals surface area contributed by atoms with Crippen LogP contribution >= 0.6 is 24.0 Å². The van der Waals surface area contributed by atoms with Gasteiger partial charge in [-0.3, -0.25) is 9.89 Å². The van der Waals surface area contributed by atoms with Crippen LogP contribution in [-0.2, 0) is 11.2 Å². The number of furan rings is 1. The highest BCUT2D eigenvalue weighted by molar-refractivity contribution is 14.0. The van der Waals surface area contributed by atoms with Crippen molar-refractivity contribution in [3.8, 4) is 0 Å². The average Bonchev–Trinajstić information content (AvgIpc) is 3.41. The molecule has 0 aliphatic carbocycles. The summed E-state index contributed by atoms with van der Waals surface area (Å²) in [6.45, 7) is 12.3. The molecule has 27 heavy (non-hydrogen) atoms. The molecule has 0 spiro atoms. The van der Waals surface area contributed by atoms with Gasteiger partial charge in [0.25, 0.3) is 0 Å². The summed E-state index contributed by atoms with van der Waals surface area (Å²) in [5, 5.41) is 3.58. The second-order valence-electron chi connectivity index (χ2n) is 7.26. The van der Waals surface area contributed by atoms with E-state index in [1.54, 1.807) is 6.26 Å². The first-order valence-electron chi connectivity index (χ1n) is 10.2. The Kier molecular flexibility index (Phi) is 9.92. The molecule has 7 heteroatoms. The molecule has 3 rings (SSSR count). The quantitative estimate of drug-likeness (QED) is 0.345. The first-order valence-corrected chi connectivity index (χ1v) is 10.2. The van der Waals surface area contributed by atoms with Gasteiger partial charge >= 0.3 is 0 Å². The first-order chi connectivity index (χ1) is 12.8. The van der Waals surface area contributed by atoms with E-state index in [9.17, 15) is 0 Å². The molecule has 0 bridgehead atoms. The Hall–Kier alpha value is -0.800. The second kappa shape index (κ2) is 11.9. The van der Waals surface area contributed by atoms with E-state index in [2.05, 4.69) is 29.0 Å². The molecule has 2 saturated heterocycles. The van der Waals surface area contributed by atoms with Crippen molar-refractivity contribution in [1.29, 1.82) is 0 Å². The van der Waals surface area contributed by atoms with Crippen LogP contribution < -0.4 is 5.32 Å². The van der Waals surface area contributed by atoms with Crippen LogP contribution in [0.1, 0.15) is 32.4 Å². The van der Waals surface area contributed by atoms with E-state index in [0.29, 0.717) is 12.0 Å². The van der Waals surface area contributed by atoms with Gasteiger partial charge in [-0.1, -0.05) is 13.8 Å². The topological polar surface area (TPSA) is 53.2 Å². The predicted molar refractivity (Wildman–Crippen MR) is 120 cm³/mol. The van der Waals surface area contributed by atoms with Gasteiger partial charge in [0.05, 0.1) is 12.9 Å². The van der Waals surface area contributed by atoms with Crippen LogP contribution in [0.2, 0.25) is 0 Å². The lowest BCUT2D eigenvalue weighted by Gasteiger charge is -2.27. The fourth-order valence-electron chi connectivity index (χ4n) is 3.94. The number of rotatable bonds is 8. The lowest BCUT2D eigenvalue weighted by atomic mass is 10.1. The van der Waals surface area contributed by atoms with Gasteiger partial charge in [-0.25, -0.2) is 0 Å². The summed E-state index contributed by atoms with van der Waals surface area (Å²) in [7, 11) is 0. The number of ether oxygens (including phenoxy) is 1. The summed E-state index contributed by atoms with van der Waals surface area (Å²) in [5.74, 6) is 2.64. The van der Waals surface area contributed by atoms with Gasteiger partial charge in [-0.05, 0) is 38.1 Å². The molecule has 2 aliphatic heterocycles. The molecule has 1 N–H and O–H groups in total. The SMILES string of the molecule is CCN(CC)C1CCN(C(=NCC2CCOC2)NCCc2ccco2)C1.I. The minimum absolute atomic E-state index is 0. The highest BCUT2D eigenvalue weighted by atomic mass is 127. The second-order valence-corrected chi connectivity index (χ2v) is 7.26. The van der Waals surface area contributed by atoms with E-state index in [-0.39, 0.29) is 24.0 Å². The Bertz CT molecular complexity index is 542. The molecule has 2 atom stereocenters. The Morgan fingerprint density at radius 3 is 2.85 bits per heavy atom. The fourth-order valence-corrected chi connectivity index (χ4v) is 3.94. The minimum Gasteiger partial charge on any atom is -0.469 e. The molecule has 1 aromatic rings. The zero-order chi connectivity index (χ0) is 18.2. The molecule has 2 fully saturated rings. The number of aliphatic imine (C=N–C) groups is 1. The first kappa shape index (κ1) is 22.5. The molecule has 2 unspecified atom stereocenters. The molecular formula is C20H35IN4O2. The molecule has 154 valence electrons. The predicted octanol–water partition coefficient (Wildman–Crippen LogP) is 2.84. The van der Waals surface area contributed by atoms with Crippen LogP contribution in [0.5, 0.6) is 0 Å². The minimum atomic E-state index is 0. The van der Waals surface area contributed by atoms with Crippen LogP contribution in [0.3, 0.4) is 0 Å². The Balaban J connectivity index is 0.00000261. The highest BCUT2D eigenvalue weighted by Crippen LogP contribution is 2.17. The van der Waals surface area contributed by atoms with Crippen molar-refractivity contribution in [3.63, 3.8) is 0 Å². The normalized spacial score (nSPS) is 23.1. The van der Waals surface area contributed by atoms with Crippen molar-refractivity contribution >= 4 is 29.9 Å². The van der Waals surface area contributed by atoms with Crippen molar-refractivity contribution < 1.29 is 9.15 Å². The molecule has 0 saturated carbocycles. The van der Waals surface area contributed by atoms with Gasteiger partial charge in [0.2, 0.25) is 0 Å². The lowest BCUT2D eigenvalue weighted by molar-refractivity contribution is 0.187. The number of guanidine groups is 1. The molecule has 2 aliphatic rings. The van der Waals surface area contributed by atoms with E-state index >= 15 is 0 Å². The van der Waals surface area contributed by atoms with E-state index in [1.165, 1.54) is 6.42 Å². The van der Waals surface area contributed by atoms with Crippen LogP contribution in [0.15, 0.2) is 27.8 Å². The Morgan fingerprint density at radius 2 is 2.19 bits per heavy atom. The standard InChI is InChI=1S/C20H34N4O2.HI/c1-3-23(4-2)18-8-11-24(15-18)20(22-14-17-9-13-25-16-17)21-10-7-19-6-5-12-26-19;/h5-6,12,17-18H,3-4,7-11,13-16H2,1-2H3,(H,21,22);1H. The Labute approximate surface area is 180 Å². The van der Waals surface area contributed by atoms with E-state index < -0.39 is 0 Å². The molecule has 1 aromatic heterocycles. The maximum atomic E-state index is 5.50. The van der Waals surface area contributed by atoms with Gasteiger partial charge in [0.1, 0.15) is 5.76 Å². The molecule has 0 radical (unpaired) electrons. The lowest BCUT2D eigenvalue weighted by Crippen LogP contribution is -2.44. The zero-order valence-corrected chi connectivity index (χ0v) is 19.1. The van der Waals surface area contributed by atoms with Crippen LogP contribution in [0.4, 0.5) is 0 Å². The molecule has 6 nitrogen and oxygen atoms in total. The third kappa shape index (κ3) is 6.64. The molecule has 3 heterocycles. The number of nitrogens with one attached hydrogen (secondary N) is 1. The number of halogens is 1. The number of likely N-dealkylation sites (N-methyl/N-ethyl adjacent to an activating group) is 1. The summed E-state index contributed by atoms with van der Waals surface area (Å²) in [6.07, 6.45) is 4.96. The van der Waals surface area contributed by atoms with Gasteiger partial charge < -0.3 is 19.4 Å². The summed E-state index contributed by atoms with van der Waals surface area (Å²) in [4.78, 5) is 9.95. The third-order valence-corrected chi connectivity index (χ3v) is 5.55.